The molecular weight excluding hydrogens is 344 g/mol. The highest BCUT2D eigenvalue weighted by Gasteiger charge is 2.50. The van der Waals surface area contributed by atoms with Crippen molar-refractivity contribution in [2.45, 2.75) is 63.7 Å². The first-order chi connectivity index (χ1) is 11.6. The molecule has 2 heterocycles. The summed E-state index contributed by atoms with van der Waals surface area (Å²) in [5.74, 6) is -0.952. The van der Waals surface area contributed by atoms with Gasteiger partial charge in [-0.25, -0.2) is 5.06 Å². The molecule has 136 valence electrons. The van der Waals surface area contributed by atoms with Gasteiger partial charge in [-0.3, -0.25) is 14.4 Å². The van der Waals surface area contributed by atoms with Crippen molar-refractivity contribution in [3.63, 3.8) is 0 Å². The zero-order chi connectivity index (χ0) is 18.8. The summed E-state index contributed by atoms with van der Waals surface area (Å²) in [6, 6.07) is 1.67. The van der Waals surface area contributed by atoms with Crippen LogP contribution in [0.1, 0.15) is 34.6 Å². The van der Waals surface area contributed by atoms with Gasteiger partial charge in [0.05, 0.1) is 6.20 Å². The number of thioether (sulfide) groups is 1. The fraction of sp³-hybridized carbons (Fsp3) is 0.588. The molecule has 1 aliphatic carbocycles. The van der Waals surface area contributed by atoms with Crippen LogP contribution in [0.3, 0.4) is 0 Å². The smallest absolute Gasteiger partial charge is 0.303 e. The molecule has 4 atom stereocenters. The van der Waals surface area contributed by atoms with Crippen molar-refractivity contribution in [3.8, 4) is 6.07 Å². The van der Waals surface area contributed by atoms with E-state index in [0.29, 0.717) is 4.91 Å². The molecule has 0 saturated carbocycles. The lowest BCUT2D eigenvalue weighted by Crippen LogP contribution is -2.62. The second kappa shape index (κ2) is 7.50. The molecule has 0 radical (unpaired) electrons. The molecule has 1 fully saturated rings. The number of carbonyl (C=O) groups is 2. The molecule has 7 nitrogen and oxygen atoms in total. The van der Waals surface area contributed by atoms with Gasteiger partial charge in [0.2, 0.25) is 0 Å². The van der Waals surface area contributed by atoms with Crippen LogP contribution in [0.15, 0.2) is 23.3 Å². The summed E-state index contributed by atoms with van der Waals surface area (Å²) in [4.78, 5) is 29.1. The van der Waals surface area contributed by atoms with Crippen LogP contribution in [-0.2, 0) is 23.9 Å². The van der Waals surface area contributed by atoms with E-state index < -0.39 is 36.3 Å². The van der Waals surface area contributed by atoms with Gasteiger partial charge in [-0.05, 0) is 0 Å². The standard InChI is InChI=1S/C17H22N2O5S/c1-10(20)22-15-13-6-7-14(16(15)23-11(2)21)24-19(13)9-12(8-18)25-17(3,4)5/h6-7,9,13-16H,1-5H3/b12-9+/t13-,14+,15+,16-/m1/s1. The van der Waals surface area contributed by atoms with Gasteiger partial charge < -0.3 is 9.47 Å². The van der Waals surface area contributed by atoms with Gasteiger partial charge >= 0.3 is 11.9 Å². The predicted octanol–water partition coefficient (Wildman–Crippen LogP) is 2.30. The second-order valence-electron chi connectivity index (χ2n) is 6.77. The summed E-state index contributed by atoms with van der Waals surface area (Å²) in [6.07, 6.45) is 3.18. The average Bonchev–Trinajstić information content (AvgIpc) is 2.47. The van der Waals surface area contributed by atoms with Gasteiger partial charge in [0, 0.05) is 18.6 Å². The Hall–Kier alpha value is -1.98. The maximum atomic E-state index is 11.5. The van der Waals surface area contributed by atoms with Crippen LogP contribution in [0, 0.1) is 11.3 Å². The van der Waals surface area contributed by atoms with Gasteiger partial charge in [0.25, 0.3) is 0 Å². The molecule has 0 N–H and O–H groups in total. The first-order valence-corrected chi connectivity index (χ1v) is 8.71. The van der Waals surface area contributed by atoms with E-state index in [1.54, 1.807) is 12.3 Å². The zero-order valence-corrected chi connectivity index (χ0v) is 15.7. The molecule has 1 saturated heterocycles. The third-order valence-electron chi connectivity index (χ3n) is 3.39. The van der Waals surface area contributed by atoms with Crippen LogP contribution in [0.5, 0.6) is 0 Å². The number of nitrogens with zero attached hydrogens (tertiary/aromatic N) is 2. The number of ether oxygens (including phenoxy) is 2. The summed E-state index contributed by atoms with van der Waals surface area (Å²) in [5.41, 5.74) is 0. The monoisotopic (exact) mass is 366 g/mol. The Bertz CT molecular complexity index is 646. The van der Waals surface area contributed by atoms with E-state index in [1.807, 2.05) is 26.8 Å². The van der Waals surface area contributed by atoms with Gasteiger partial charge in [-0.2, -0.15) is 5.26 Å². The summed E-state index contributed by atoms with van der Waals surface area (Å²) in [5, 5.41) is 10.9. The second-order valence-corrected chi connectivity index (χ2v) is 8.64. The van der Waals surface area contributed by atoms with Crippen molar-refractivity contribution in [1.82, 2.24) is 5.06 Å². The molecule has 0 aromatic carbocycles. The summed E-state index contributed by atoms with van der Waals surface area (Å²) < 4.78 is 10.5. The van der Waals surface area contributed by atoms with Gasteiger partial charge in [-0.15, -0.1) is 11.8 Å². The first-order valence-electron chi connectivity index (χ1n) is 7.89. The van der Waals surface area contributed by atoms with Crippen molar-refractivity contribution in [2.75, 3.05) is 0 Å². The number of rotatable bonds is 4. The Morgan fingerprint density at radius 2 is 1.80 bits per heavy atom. The molecule has 0 spiro atoms. The van der Waals surface area contributed by atoms with Crippen LogP contribution >= 0.6 is 11.8 Å². The predicted molar refractivity (Wildman–Crippen MR) is 91.8 cm³/mol. The fourth-order valence-corrected chi connectivity index (χ4v) is 3.52. The van der Waals surface area contributed by atoms with E-state index in [2.05, 4.69) is 6.07 Å². The van der Waals surface area contributed by atoms with E-state index in [0.717, 1.165) is 0 Å². The highest BCUT2D eigenvalue weighted by Crippen LogP contribution is 2.36. The molecule has 0 aromatic rings. The molecule has 0 aromatic heterocycles. The van der Waals surface area contributed by atoms with Crippen LogP contribution in [-0.4, -0.2) is 46.1 Å². The normalized spacial score (nSPS) is 28.5. The summed E-state index contributed by atoms with van der Waals surface area (Å²) >= 11 is 1.41. The van der Waals surface area contributed by atoms with Gasteiger partial charge in [0.1, 0.15) is 23.1 Å². The largest absolute Gasteiger partial charge is 0.456 e. The van der Waals surface area contributed by atoms with Crippen molar-refractivity contribution >= 4 is 23.7 Å². The minimum atomic E-state index is -0.721. The van der Waals surface area contributed by atoms with Crippen molar-refractivity contribution in [3.05, 3.63) is 23.3 Å². The number of esters is 2. The highest BCUT2D eigenvalue weighted by atomic mass is 32.2. The number of fused-ring (bicyclic) bond motifs is 2. The Kier molecular flexibility index (Phi) is 5.80. The number of carbonyl (C=O) groups excluding carboxylic acids is 2. The van der Waals surface area contributed by atoms with Crippen LogP contribution < -0.4 is 0 Å². The number of hydrogen-bond donors (Lipinski definition) is 0. The van der Waals surface area contributed by atoms with Crippen LogP contribution in [0.4, 0.5) is 0 Å². The third-order valence-corrected chi connectivity index (χ3v) is 4.42. The summed E-state index contributed by atoms with van der Waals surface area (Å²) in [7, 11) is 0. The van der Waals surface area contributed by atoms with E-state index in [-0.39, 0.29) is 4.75 Å². The quantitative estimate of drug-likeness (QED) is 0.425. The van der Waals surface area contributed by atoms with Crippen molar-refractivity contribution in [1.29, 1.82) is 5.26 Å². The number of hydrogen-bond acceptors (Lipinski definition) is 8. The minimum absolute atomic E-state index is 0.137. The highest BCUT2D eigenvalue weighted by molar-refractivity contribution is 8.04. The molecule has 2 bridgehead atoms. The van der Waals surface area contributed by atoms with Crippen LogP contribution in [0.25, 0.3) is 0 Å². The Balaban J connectivity index is 2.27. The van der Waals surface area contributed by atoms with Crippen LogP contribution in [0.2, 0.25) is 0 Å². The lowest BCUT2D eigenvalue weighted by Gasteiger charge is -2.47. The SMILES string of the molecule is CC(=O)O[C@@H]1[C@H](OC(C)=O)[C@@H]2C=C[C@H]1N(/C=C(\C#N)SC(C)(C)C)O2. The molecule has 25 heavy (non-hydrogen) atoms. The first kappa shape index (κ1) is 19.3. The molecular formula is C17H22N2O5S. The Morgan fingerprint density at radius 3 is 2.32 bits per heavy atom. The molecule has 0 unspecified atom stereocenters. The fourth-order valence-electron chi connectivity index (χ4n) is 2.65. The molecule has 3 aliphatic rings. The van der Waals surface area contributed by atoms with E-state index >= 15 is 0 Å². The van der Waals surface area contributed by atoms with E-state index in [1.165, 1.54) is 30.7 Å². The minimum Gasteiger partial charge on any atom is -0.456 e. The maximum absolute atomic E-state index is 11.5. The summed E-state index contributed by atoms with van der Waals surface area (Å²) in [6.45, 7) is 8.61. The molecule has 2 aliphatic heterocycles. The number of nitriles is 1. The number of hydroxylamine groups is 2. The van der Waals surface area contributed by atoms with E-state index in [9.17, 15) is 14.9 Å². The molecule has 3 rings (SSSR count). The Morgan fingerprint density at radius 1 is 1.20 bits per heavy atom. The average molecular weight is 366 g/mol. The number of allylic oxidation sites excluding steroid dienone is 1. The van der Waals surface area contributed by atoms with Crippen molar-refractivity contribution in [2.24, 2.45) is 0 Å². The van der Waals surface area contributed by atoms with Crippen molar-refractivity contribution < 1.29 is 23.9 Å². The van der Waals surface area contributed by atoms with E-state index in [4.69, 9.17) is 14.3 Å². The third kappa shape index (κ3) is 5.00. The molecule has 0 amide bonds. The zero-order valence-electron chi connectivity index (χ0n) is 14.9. The molecule has 8 heteroatoms. The Labute approximate surface area is 151 Å². The van der Waals surface area contributed by atoms with Gasteiger partial charge in [-0.1, -0.05) is 32.9 Å². The lowest BCUT2D eigenvalue weighted by molar-refractivity contribution is -0.277. The topological polar surface area (TPSA) is 88.9 Å². The lowest BCUT2D eigenvalue weighted by atomic mass is 9.91. The van der Waals surface area contributed by atoms with Gasteiger partial charge in [0.15, 0.2) is 12.2 Å². The maximum Gasteiger partial charge on any atom is 0.303 e.